The molecular formula is C10H6BrNS. The van der Waals surface area contributed by atoms with E-state index < -0.39 is 0 Å². The molecule has 0 unspecified atom stereocenters. The van der Waals surface area contributed by atoms with Gasteiger partial charge in [-0.25, -0.2) is 0 Å². The third-order valence-corrected chi connectivity index (χ3v) is 3.62. The van der Waals surface area contributed by atoms with Gasteiger partial charge in [0.05, 0.1) is 10.3 Å². The fraction of sp³-hybridized carbons (Fsp3) is 0.100. The fourth-order valence-corrected chi connectivity index (χ4v) is 2.87. The zero-order chi connectivity index (χ0) is 9.42. The number of benzene rings is 1. The molecule has 64 valence electrons. The Morgan fingerprint density at radius 2 is 2.23 bits per heavy atom. The SMILES string of the molecule is Cc1cc2ccc(Br)c(C#N)c2s1. The molecule has 0 amide bonds. The number of nitrogens with zero attached hydrogens (tertiary/aromatic N) is 1. The summed E-state index contributed by atoms with van der Waals surface area (Å²) in [5, 5.41) is 10.1. The molecule has 0 aliphatic heterocycles. The Labute approximate surface area is 88.7 Å². The van der Waals surface area contributed by atoms with E-state index in [2.05, 4.69) is 35.0 Å². The lowest BCUT2D eigenvalue weighted by molar-refractivity contribution is 1.50. The summed E-state index contributed by atoms with van der Waals surface area (Å²) in [5.74, 6) is 0. The Bertz CT molecular complexity index is 507. The normalized spacial score (nSPS) is 10.2. The molecule has 13 heavy (non-hydrogen) atoms. The van der Waals surface area contributed by atoms with Crippen LogP contribution in [0.1, 0.15) is 10.4 Å². The Morgan fingerprint density at radius 1 is 1.46 bits per heavy atom. The van der Waals surface area contributed by atoms with Gasteiger partial charge in [-0.1, -0.05) is 6.07 Å². The molecule has 0 atom stereocenters. The van der Waals surface area contributed by atoms with Crippen molar-refractivity contribution in [1.82, 2.24) is 0 Å². The van der Waals surface area contributed by atoms with Crippen molar-refractivity contribution in [3.8, 4) is 6.07 Å². The number of hydrogen-bond donors (Lipinski definition) is 0. The van der Waals surface area contributed by atoms with Gasteiger partial charge in [0.25, 0.3) is 0 Å². The summed E-state index contributed by atoms with van der Waals surface area (Å²) < 4.78 is 1.96. The van der Waals surface area contributed by atoms with E-state index in [0.717, 1.165) is 20.1 Å². The predicted molar refractivity (Wildman–Crippen MR) is 59.0 cm³/mol. The van der Waals surface area contributed by atoms with Crippen LogP contribution in [-0.2, 0) is 0 Å². The van der Waals surface area contributed by atoms with Crippen LogP contribution < -0.4 is 0 Å². The maximum atomic E-state index is 8.95. The molecule has 1 aromatic heterocycles. The third kappa shape index (κ3) is 1.37. The number of fused-ring (bicyclic) bond motifs is 1. The molecule has 1 nitrogen and oxygen atoms in total. The molecule has 0 saturated heterocycles. The lowest BCUT2D eigenvalue weighted by Crippen LogP contribution is -1.75. The first-order valence-electron chi connectivity index (χ1n) is 3.81. The molecule has 0 spiro atoms. The zero-order valence-corrected chi connectivity index (χ0v) is 9.37. The molecule has 2 rings (SSSR count). The van der Waals surface area contributed by atoms with Crippen LogP contribution in [0.15, 0.2) is 22.7 Å². The third-order valence-electron chi connectivity index (χ3n) is 1.87. The van der Waals surface area contributed by atoms with Gasteiger partial charge in [-0.3, -0.25) is 0 Å². The summed E-state index contributed by atoms with van der Waals surface area (Å²) in [4.78, 5) is 1.24. The van der Waals surface area contributed by atoms with Gasteiger partial charge in [-0.05, 0) is 40.4 Å². The molecule has 1 aromatic carbocycles. The van der Waals surface area contributed by atoms with E-state index in [1.54, 1.807) is 11.3 Å². The van der Waals surface area contributed by atoms with Crippen LogP contribution >= 0.6 is 27.3 Å². The first-order valence-corrected chi connectivity index (χ1v) is 5.42. The highest BCUT2D eigenvalue weighted by molar-refractivity contribution is 9.10. The smallest absolute Gasteiger partial charge is 0.102 e. The summed E-state index contributed by atoms with van der Waals surface area (Å²) in [5.41, 5.74) is 0.746. The quantitative estimate of drug-likeness (QED) is 0.698. The molecule has 0 radical (unpaired) electrons. The minimum absolute atomic E-state index is 0.746. The summed E-state index contributed by atoms with van der Waals surface area (Å²) >= 11 is 5.04. The summed E-state index contributed by atoms with van der Waals surface area (Å²) in [6, 6.07) is 8.27. The number of rotatable bonds is 0. The Kier molecular flexibility index (Phi) is 2.10. The summed E-state index contributed by atoms with van der Waals surface area (Å²) in [6.45, 7) is 2.06. The molecule has 0 N–H and O–H groups in total. The minimum Gasteiger partial charge on any atom is -0.192 e. The van der Waals surface area contributed by atoms with Gasteiger partial charge in [-0.15, -0.1) is 11.3 Å². The minimum atomic E-state index is 0.746. The first-order chi connectivity index (χ1) is 6.22. The average Bonchev–Trinajstić information content (AvgIpc) is 2.45. The molecular weight excluding hydrogens is 246 g/mol. The largest absolute Gasteiger partial charge is 0.192 e. The van der Waals surface area contributed by atoms with Crippen molar-refractivity contribution in [3.63, 3.8) is 0 Å². The van der Waals surface area contributed by atoms with E-state index in [0.29, 0.717) is 0 Å². The van der Waals surface area contributed by atoms with Gasteiger partial charge >= 0.3 is 0 Å². The Balaban J connectivity index is 2.93. The number of hydrogen-bond acceptors (Lipinski definition) is 2. The van der Waals surface area contributed by atoms with Crippen molar-refractivity contribution in [2.45, 2.75) is 6.92 Å². The van der Waals surface area contributed by atoms with Gasteiger partial charge in [0.2, 0.25) is 0 Å². The van der Waals surface area contributed by atoms with Crippen LogP contribution in [0, 0.1) is 18.3 Å². The Morgan fingerprint density at radius 3 is 2.92 bits per heavy atom. The van der Waals surface area contributed by atoms with Crippen LogP contribution in [0.4, 0.5) is 0 Å². The molecule has 1 heterocycles. The number of aryl methyl sites for hydroxylation is 1. The lowest BCUT2D eigenvalue weighted by Gasteiger charge is -1.95. The summed E-state index contributed by atoms with van der Waals surface area (Å²) in [6.07, 6.45) is 0. The van der Waals surface area contributed by atoms with Gasteiger partial charge in [0.1, 0.15) is 6.07 Å². The van der Waals surface area contributed by atoms with Crippen LogP contribution in [0.2, 0.25) is 0 Å². The molecule has 0 aliphatic rings. The maximum absolute atomic E-state index is 8.95. The highest BCUT2D eigenvalue weighted by Gasteiger charge is 2.07. The lowest BCUT2D eigenvalue weighted by atomic mass is 10.2. The fourth-order valence-electron chi connectivity index (χ4n) is 1.31. The maximum Gasteiger partial charge on any atom is 0.102 e. The van der Waals surface area contributed by atoms with Crippen LogP contribution in [-0.4, -0.2) is 0 Å². The van der Waals surface area contributed by atoms with Crippen molar-refractivity contribution in [2.75, 3.05) is 0 Å². The molecule has 2 aromatic rings. The first kappa shape index (κ1) is 8.74. The second-order valence-electron chi connectivity index (χ2n) is 2.81. The van der Waals surface area contributed by atoms with Crippen LogP contribution in [0.25, 0.3) is 10.1 Å². The highest BCUT2D eigenvalue weighted by Crippen LogP contribution is 2.32. The van der Waals surface area contributed by atoms with Crippen molar-refractivity contribution in [3.05, 3.63) is 33.1 Å². The standard InChI is InChI=1S/C10H6BrNS/c1-6-4-7-2-3-9(11)8(5-12)10(7)13-6/h2-4H,1H3. The number of halogens is 1. The van der Waals surface area contributed by atoms with E-state index in [1.807, 2.05) is 12.1 Å². The van der Waals surface area contributed by atoms with E-state index in [9.17, 15) is 0 Å². The molecule has 0 fully saturated rings. The van der Waals surface area contributed by atoms with E-state index in [-0.39, 0.29) is 0 Å². The zero-order valence-electron chi connectivity index (χ0n) is 6.97. The van der Waals surface area contributed by atoms with Crippen molar-refractivity contribution in [1.29, 1.82) is 5.26 Å². The van der Waals surface area contributed by atoms with Crippen molar-refractivity contribution in [2.24, 2.45) is 0 Å². The monoisotopic (exact) mass is 251 g/mol. The highest BCUT2D eigenvalue weighted by atomic mass is 79.9. The van der Waals surface area contributed by atoms with Crippen LogP contribution in [0.5, 0.6) is 0 Å². The number of nitriles is 1. The summed E-state index contributed by atoms with van der Waals surface area (Å²) in [7, 11) is 0. The second-order valence-corrected chi connectivity index (χ2v) is 4.92. The second kappa shape index (κ2) is 3.13. The molecule has 0 saturated carbocycles. The topological polar surface area (TPSA) is 23.8 Å². The average molecular weight is 252 g/mol. The van der Waals surface area contributed by atoms with Crippen molar-refractivity contribution < 1.29 is 0 Å². The predicted octanol–water partition coefficient (Wildman–Crippen LogP) is 3.84. The molecule has 0 aliphatic carbocycles. The van der Waals surface area contributed by atoms with E-state index in [4.69, 9.17) is 5.26 Å². The van der Waals surface area contributed by atoms with Gasteiger partial charge in [0.15, 0.2) is 0 Å². The van der Waals surface area contributed by atoms with E-state index >= 15 is 0 Å². The van der Waals surface area contributed by atoms with Crippen LogP contribution in [0.3, 0.4) is 0 Å². The van der Waals surface area contributed by atoms with Gasteiger partial charge in [-0.2, -0.15) is 5.26 Å². The van der Waals surface area contributed by atoms with Gasteiger partial charge in [0, 0.05) is 9.35 Å². The molecule has 0 bridgehead atoms. The van der Waals surface area contributed by atoms with E-state index in [1.165, 1.54) is 4.88 Å². The Hall–Kier alpha value is -0.850. The van der Waals surface area contributed by atoms with Gasteiger partial charge < -0.3 is 0 Å². The molecule has 3 heteroatoms. The van der Waals surface area contributed by atoms with Crippen molar-refractivity contribution >= 4 is 37.4 Å². The number of thiophene rings is 1.